The Hall–Kier alpha value is -0.0800. The summed E-state index contributed by atoms with van der Waals surface area (Å²) >= 11 is 0. The second kappa shape index (κ2) is 10.8. The Morgan fingerprint density at radius 1 is 0.889 bits per heavy atom. The van der Waals surface area contributed by atoms with Crippen LogP contribution in [0.3, 0.4) is 0 Å². The van der Waals surface area contributed by atoms with Crippen LogP contribution in [0.15, 0.2) is 0 Å². The molecule has 0 aliphatic carbocycles. The number of hydrazine groups is 1. The number of nitrogens with two attached hydrogens (primary N) is 1. The van der Waals surface area contributed by atoms with E-state index in [2.05, 4.69) is 33.1 Å². The largest absolute Gasteiger partial charge is 0.271 e. The number of unbranched alkanes of at least 4 members (excludes halogenated alkanes) is 7. The highest BCUT2D eigenvalue weighted by molar-refractivity contribution is 4.72. The van der Waals surface area contributed by atoms with Crippen molar-refractivity contribution < 1.29 is 0 Å². The minimum atomic E-state index is 0.372. The van der Waals surface area contributed by atoms with Crippen molar-refractivity contribution in [2.75, 3.05) is 0 Å². The molecule has 3 N–H and O–H groups in total. The van der Waals surface area contributed by atoms with Gasteiger partial charge in [-0.15, -0.1) is 0 Å². The Labute approximate surface area is 115 Å². The van der Waals surface area contributed by atoms with Gasteiger partial charge in [0, 0.05) is 6.04 Å². The van der Waals surface area contributed by atoms with Crippen molar-refractivity contribution in [1.29, 1.82) is 0 Å². The molecule has 110 valence electrons. The molecule has 18 heavy (non-hydrogen) atoms. The van der Waals surface area contributed by atoms with Gasteiger partial charge in [0.15, 0.2) is 0 Å². The van der Waals surface area contributed by atoms with Crippen LogP contribution >= 0.6 is 0 Å². The van der Waals surface area contributed by atoms with Crippen molar-refractivity contribution >= 4 is 0 Å². The minimum Gasteiger partial charge on any atom is -0.271 e. The van der Waals surface area contributed by atoms with Crippen LogP contribution in [-0.2, 0) is 0 Å². The molecule has 0 heterocycles. The highest BCUT2D eigenvalue weighted by Gasteiger charge is 2.17. The lowest BCUT2D eigenvalue weighted by atomic mass is 9.86. The Morgan fingerprint density at radius 3 is 1.83 bits per heavy atom. The van der Waals surface area contributed by atoms with E-state index in [0.29, 0.717) is 11.5 Å². The number of hydrogen-bond donors (Lipinski definition) is 2. The van der Waals surface area contributed by atoms with Crippen molar-refractivity contribution in [3.63, 3.8) is 0 Å². The summed E-state index contributed by atoms with van der Waals surface area (Å²) in [6.45, 7) is 9.12. The van der Waals surface area contributed by atoms with Crippen LogP contribution < -0.4 is 11.3 Å². The van der Waals surface area contributed by atoms with Crippen LogP contribution in [0.5, 0.6) is 0 Å². The van der Waals surface area contributed by atoms with E-state index in [1.165, 1.54) is 64.2 Å². The van der Waals surface area contributed by atoms with Crippen LogP contribution in [0.2, 0.25) is 0 Å². The van der Waals surface area contributed by atoms with Gasteiger partial charge in [0.25, 0.3) is 0 Å². The summed E-state index contributed by atoms with van der Waals surface area (Å²) in [5.41, 5.74) is 3.35. The maximum atomic E-state index is 5.63. The highest BCUT2D eigenvalue weighted by atomic mass is 15.2. The molecule has 0 saturated heterocycles. The van der Waals surface area contributed by atoms with E-state index < -0.39 is 0 Å². The zero-order chi connectivity index (χ0) is 13.9. The van der Waals surface area contributed by atoms with Gasteiger partial charge in [-0.3, -0.25) is 11.3 Å². The van der Waals surface area contributed by atoms with Gasteiger partial charge in [-0.2, -0.15) is 0 Å². The lowest BCUT2D eigenvalue weighted by Gasteiger charge is -2.25. The van der Waals surface area contributed by atoms with Crippen LogP contribution in [0, 0.1) is 5.41 Å². The molecule has 0 fully saturated rings. The summed E-state index contributed by atoms with van der Waals surface area (Å²) < 4.78 is 0. The third-order valence-corrected chi connectivity index (χ3v) is 3.50. The van der Waals surface area contributed by atoms with Gasteiger partial charge in [-0.25, -0.2) is 0 Å². The predicted octanol–water partition coefficient (Wildman–Crippen LogP) is 4.79. The Morgan fingerprint density at radius 2 is 1.39 bits per heavy atom. The lowest BCUT2D eigenvalue weighted by molar-refractivity contribution is 0.295. The molecule has 0 radical (unpaired) electrons. The fraction of sp³-hybridized carbons (Fsp3) is 1.00. The molecule has 0 aromatic heterocycles. The van der Waals surface area contributed by atoms with Crippen LogP contribution in [0.1, 0.15) is 91.9 Å². The average Bonchev–Trinajstić information content (AvgIpc) is 2.29. The third-order valence-electron chi connectivity index (χ3n) is 3.50. The van der Waals surface area contributed by atoms with E-state index >= 15 is 0 Å². The summed E-state index contributed by atoms with van der Waals surface area (Å²) in [6.07, 6.45) is 13.5. The molecule has 0 rings (SSSR count). The van der Waals surface area contributed by atoms with E-state index in [1.54, 1.807) is 0 Å². The van der Waals surface area contributed by atoms with E-state index in [-0.39, 0.29) is 0 Å². The molecule has 0 saturated carbocycles. The maximum absolute atomic E-state index is 5.63. The molecule has 0 aliphatic heterocycles. The first-order valence-electron chi connectivity index (χ1n) is 7.95. The van der Waals surface area contributed by atoms with Gasteiger partial charge in [-0.1, -0.05) is 79.1 Å². The van der Waals surface area contributed by atoms with Gasteiger partial charge in [0.05, 0.1) is 0 Å². The monoisotopic (exact) mass is 256 g/mol. The Balaban J connectivity index is 3.40. The van der Waals surface area contributed by atoms with E-state index in [4.69, 9.17) is 5.84 Å². The molecule has 0 spiro atoms. The zero-order valence-electron chi connectivity index (χ0n) is 13.2. The second-order valence-corrected chi connectivity index (χ2v) is 6.89. The summed E-state index contributed by atoms with van der Waals surface area (Å²) in [4.78, 5) is 0. The molecule has 0 aromatic rings. The number of rotatable bonds is 11. The first-order valence-corrected chi connectivity index (χ1v) is 7.95. The SMILES string of the molecule is CCCCCCCCCCC(CC(C)(C)C)NN. The third kappa shape index (κ3) is 12.4. The van der Waals surface area contributed by atoms with Gasteiger partial charge < -0.3 is 0 Å². The van der Waals surface area contributed by atoms with Crippen molar-refractivity contribution in [2.45, 2.75) is 97.9 Å². The molecule has 2 heteroatoms. The van der Waals surface area contributed by atoms with Crippen LogP contribution in [0.25, 0.3) is 0 Å². The average molecular weight is 256 g/mol. The first-order chi connectivity index (χ1) is 8.49. The highest BCUT2D eigenvalue weighted by Crippen LogP contribution is 2.23. The second-order valence-electron chi connectivity index (χ2n) is 6.89. The molecular formula is C16H36N2. The molecule has 0 bridgehead atoms. The molecular weight excluding hydrogens is 220 g/mol. The van der Waals surface area contributed by atoms with Crippen LogP contribution in [-0.4, -0.2) is 6.04 Å². The zero-order valence-corrected chi connectivity index (χ0v) is 13.2. The van der Waals surface area contributed by atoms with Crippen LogP contribution in [0.4, 0.5) is 0 Å². The fourth-order valence-corrected chi connectivity index (χ4v) is 2.51. The molecule has 0 aromatic carbocycles. The minimum absolute atomic E-state index is 0.372. The summed E-state index contributed by atoms with van der Waals surface area (Å²) in [5.74, 6) is 5.63. The van der Waals surface area contributed by atoms with E-state index in [1.807, 2.05) is 0 Å². The molecule has 2 nitrogen and oxygen atoms in total. The van der Waals surface area contributed by atoms with Gasteiger partial charge in [0.1, 0.15) is 0 Å². The predicted molar refractivity (Wildman–Crippen MR) is 82.4 cm³/mol. The molecule has 0 amide bonds. The van der Waals surface area contributed by atoms with Gasteiger partial charge >= 0.3 is 0 Å². The first kappa shape index (κ1) is 17.9. The normalized spacial score (nSPS) is 13.8. The summed E-state index contributed by atoms with van der Waals surface area (Å²) in [6, 6.07) is 0.491. The smallest absolute Gasteiger partial charge is 0.0215 e. The maximum Gasteiger partial charge on any atom is 0.0215 e. The number of hydrogen-bond acceptors (Lipinski definition) is 2. The molecule has 1 unspecified atom stereocenters. The van der Waals surface area contributed by atoms with Crippen molar-refractivity contribution in [2.24, 2.45) is 11.3 Å². The van der Waals surface area contributed by atoms with Crippen molar-refractivity contribution in [3.05, 3.63) is 0 Å². The summed E-state index contributed by atoms with van der Waals surface area (Å²) in [7, 11) is 0. The fourth-order valence-electron chi connectivity index (χ4n) is 2.51. The quantitative estimate of drug-likeness (QED) is 0.317. The molecule has 0 aliphatic rings. The lowest BCUT2D eigenvalue weighted by Crippen LogP contribution is -2.37. The number of nitrogens with one attached hydrogen (secondary N) is 1. The Kier molecular flexibility index (Phi) is 10.8. The van der Waals surface area contributed by atoms with Gasteiger partial charge in [-0.05, 0) is 18.3 Å². The summed E-state index contributed by atoms with van der Waals surface area (Å²) in [5, 5.41) is 0. The van der Waals surface area contributed by atoms with Gasteiger partial charge in [0.2, 0.25) is 0 Å². The topological polar surface area (TPSA) is 38.0 Å². The van der Waals surface area contributed by atoms with Crippen molar-refractivity contribution in [3.8, 4) is 0 Å². The standard InChI is InChI=1S/C16H36N2/c1-5-6-7-8-9-10-11-12-13-15(18-17)14-16(2,3)4/h15,18H,5-14,17H2,1-4H3. The van der Waals surface area contributed by atoms with E-state index in [9.17, 15) is 0 Å². The van der Waals surface area contributed by atoms with E-state index in [0.717, 1.165) is 0 Å². The van der Waals surface area contributed by atoms with Crippen molar-refractivity contribution in [1.82, 2.24) is 5.43 Å². The molecule has 1 atom stereocenters. The Bertz CT molecular complexity index is 172.